The van der Waals surface area contributed by atoms with E-state index in [1.165, 1.54) is 37.7 Å². The van der Waals surface area contributed by atoms with Crippen molar-refractivity contribution >= 4 is 11.4 Å². The second-order valence-corrected chi connectivity index (χ2v) is 5.82. The highest BCUT2D eigenvalue weighted by Gasteiger charge is 2.26. The normalized spacial score (nSPS) is 18.9. The summed E-state index contributed by atoms with van der Waals surface area (Å²) in [7, 11) is 0. The van der Waals surface area contributed by atoms with Crippen molar-refractivity contribution in [3.05, 3.63) is 23.8 Å². The van der Waals surface area contributed by atoms with Crippen molar-refractivity contribution in [2.75, 3.05) is 17.6 Å². The van der Waals surface area contributed by atoms with E-state index in [2.05, 4.69) is 31.3 Å². The van der Waals surface area contributed by atoms with Crippen LogP contribution < -0.4 is 11.1 Å². The van der Waals surface area contributed by atoms with Crippen LogP contribution in [0.4, 0.5) is 11.4 Å². The Hall–Kier alpha value is -1.18. The zero-order chi connectivity index (χ0) is 12.3. The lowest BCUT2D eigenvalue weighted by molar-refractivity contribution is 0.233. The number of nitrogens with two attached hydrogens (primary N) is 1. The molecule has 2 nitrogen and oxygen atoms in total. The number of nitrogen functional groups attached to an aromatic ring is 1. The molecule has 3 N–H and O–H groups in total. The molecule has 0 aliphatic heterocycles. The van der Waals surface area contributed by atoms with E-state index in [1.54, 1.807) is 0 Å². The van der Waals surface area contributed by atoms with Gasteiger partial charge in [-0.15, -0.1) is 0 Å². The number of nitrogens with one attached hydrogen (secondary N) is 1. The van der Waals surface area contributed by atoms with Gasteiger partial charge >= 0.3 is 0 Å². The van der Waals surface area contributed by atoms with Gasteiger partial charge in [-0.05, 0) is 42.9 Å². The summed E-state index contributed by atoms with van der Waals surface area (Å²) in [4.78, 5) is 0. The van der Waals surface area contributed by atoms with Gasteiger partial charge in [-0.1, -0.05) is 32.3 Å². The topological polar surface area (TPSA) is 38.0 Å². The smallest absolute Gasteiger partial charge is 0.0576 e. The zero-order valence-electron chi connectivity index (χ0n) is 11.1. The van der Waals surface area contributed by atoms with Gasteiger partial charge in [0.15, 0.2) is 0 Å². The maximum atomic E-state index is 5.99. The highest BCUT2D eigenvalue weighted by Crippen LogP contribution is 2.36. The Morgan fingerprint density at radius 1 is 1.24 bits per heavy atom. The van der Waals surface area contributed by atoms with Crippen molar-refractivity contribution in [2.45, 2.75) is 46.0 Å². The minimum Gasteiger partial charge on any atom is -0.397 e. The summed E-state index contributed by atoms with van der Waals surface area (Å²) in [5.41, 5.74) is 9.65. The predicted molar refractivity (Wildman–Crippen MR) is 75.3 cm³/mol. The van der Waals surface area contributed by atoms with E-state index in [0.29, 0.717) is 5.41 Å². The van der Waals surface area contributed by atoms with Crippen LogP contribution in [0.3, 0.4) is 0 Å². The third kappa shape index (κ3) is 3.15. The number of hydrogen-bond donors (Lipinski definition) is 2. The summed E-state index contributed by atoms with van der Waals surface area (Å²) < 4.78 is 0. The molecule has 1 saturated carbocycles. The van der Waals surface area contributed by atoms with Crippen molar-refractivity contribution in [1.29, 1.82) is 0 Å². The fraction of sp³-hybridized carbons (Fsp3) is 0.600. The molecule has 0 atom stereocenters. The summed E-state index contributed by atoms with van der Waals surface area (Å²) in [6, 6.07) is 6.19. The molecule has 0 amide bonds. The number of aryl methyl sites for hydroxylation is 1. The summed E-state index contributed by atoms with van der Waals surface area (Å²) in [6.45, 7) is 5.54. The summed E-state index contributed by atoms with van der Waals surface area (Å²) >= 11 is 0. The third-order valence-corrected chi connectivity index (χ3v) is 3.98. The molecule has 1 aliphatic rings. The molecule has 1 aliphatic carbocycles. The molecule has 17 heavy (non-hydrogen) atoms. The lowest BCUT2D eigenvalue weighted by Gasteiger charge is -2.34. The Morgan fingerprint density at radius 2 is 1.94 bits per heavy atom. The number of anilines is 2. The molecular weight excluding hydrogens is 208 g/mol. The molecule has 0 bridgehead atoms. The Labute approximate surface area is 105 Å². The van der Waals surface area contributed by atoms with Gasteiger partial charge in [0, 0.05) is 6.54 Å². The molecule has 0 spiro atoms. The van der Waals surface area contributed by atoms with Crippen molar-refractivity contribution in [3.63, 3.8) is 0 Å². The van der Waals surface area contributed by atoms with Crippen molar-refractivity contribution in [2.24, 2.45) is 5.41 Å². The van der Waals surface area contributed by atoms with E-state index >= 15 is 0 Å². The molecule has 0 heterocycles. The first-order valence-corrected chi connectivity index (χ1v) is 6.69. The molecule has 0 radical (unpaired) electrons. The molecule has 0 aromatic heterocycles. The molecule has 1 fully saturated rings. The predicted octanol–water partition coefficient (Wildman–Crippen LogP) is 3.96. The Kier molecular flexibility index (Phi) is 3.60. The summed E-state index contributed by atoms with van der Waals surface area (Å²) in [5, 5.41) is 3.54. The first kappa shape index (κ1) is 12.3. The quantitative estimate of drug-likeness (QED) is 0.774. The Balaban J connectivity index is 1.99. The fourth-order valence-electron chi connectivity index (χ4n) is 2.71. The molecule has 2 rings (SSSR count). The highest BCUT2D eigenvalue weighted by atomic mass is 14.9. The standard InChI is InChI=1S/C15H24N2/c1-12-6-7-13(16)14(10-12)17-11-15(2)8-4-3-5-9-15/h6-7,10,17H,3-5,8-9,11,16H2,1-2H3. The van der Waals surface area contributed by atoms with Crippen LogP contribution in [-0.2, 0) is 0 Å². The number of rotatable bonds is 3. The van der Waals surface area contributed by atoms with Gasteiger partial charge in [-0.25, -0.2) is 0 Å². The summed E-state index contributed by atoms with van der Waals surface area (Å²) in [5.74, 6) is 0. The van der Waals surface area contributed by atoms with Crippen LogP contribution in [0.5, 0.6) is 0 Å². The molecule has 1 aromatic carbocycles. The van der Waals surface area contributed by atoms with E-state index < -0.39 is 0 Å². The van der Waals surface area contributed by atoms with Gasteiger partial charge in [0.05, 0.1) is 11.4 Å². The van der Waals surface area contributed by atoms with E-state index in [-0.39, 0.29) is 0 Å². The molecule has 0 unspecified atom stereocenters. The molecule has 0 saturated heterocycles. The maximum Gasteiger partial charge on any atom is 0.0576 e. The molecule has 1 aromatic rings. The third-order valence-electron chi connectivity index (χ3n) is 3.98. The molecule has 94 valence electrons. The second kappa shape index (κ2) is 4.99. The van der Waals surface area contributed by atoms with Gasteiger partial charge in [0.2, 0.25) is 0 Å². The maximum absolute atomic E-state index is 5.99. The van der Waals surface area contributed by atoms with Gasteiger partial charge in [0.1, 0.15) is 0 Å². The first-order chi connectivity index (χ1) is 8.09. The van der Waals surface area contributed by atoms with Crippen LogP contribution in [0.15, 0.2) is 18.2 Å². The number of benzene rings is 1. The van der Waals surface area contributed by atoms with Crippen LogP contribution >= 0.6 is 0 Å². The van der Waals surface area contributed by atoms with Gasteiger partial charge in [-0.3, -0.25) is 0 Å². The van der Waals surface area contributed by atoms with Crippen LogP contribution in [0.1, 0.15) is 44.6 Å². The SMILES string of the molecule is Cc1ccc(N)c(NCC2(C)CCCCC2)c1. The summed E-state index contributed by atoms with van der Waals surface area (Å²) in [6.07, 6.45) is 6.84. The van der Waals surface area contributed by atoms with Crippen LogP contribution in [-0.4, -0.2) is 6.54 Å². The first-order valence-electron chi connectivity index (χ1n) is 6.69. The van der Waals surface area contributed by atoms with Crippen LogP contribution in [0.2, 0.25) is 0 Å². The van der Waals surface area contributed by atoms with E-state index in [1.807, 2.05) is 6.07 Å². The average molecular weight is 232 g/mol. The molecule has 2 heteroatoms. The minimum absolute atomic E-state index is 0.453. The van der Waals surface area contributed by atoms with Crippen molar-refractivity contribution in [3.8, 4) is 0 Å². The highest BCUT2D eigenvalue weighted by molar-refractivity contribution is 5.66. The minimum atomic E-state index is 0.453. The lowest BCUT2D eigenvalue weighted by Crippen LogP contribution is -2.29. The zero-order valence-corrected chi connectivity index (χ0v) is 11.1. The average Bonchev–Trinajstić information content (AvgIpc) is 2.31. The molecular formula is C15H24N2. The van der Waals surface area contributed by atoms with Crippen LogP contribution in [0.25, 0.3) is 0 Å². The lowest BCUT2D eigenvalue weighted by atomic mass is 9.75. The van der Waals surface area contributed by atoms with E-state index in [4.69, 9.17) is 5.73 Å². The van der Waals surface area contributed by atoms with E-state index in [9.17, 15) is 0 Å². The Morgan fingerprint density at radius 3 is 2.65 bits per heavy atom. The Bertz CT molecular complexity index is 379. The second-order valence-electron chi connectivity index (χ2n) is 5.82. The van der Waals surface area contributed by atoms with E-state index in [0.717, 1.165) is 17.9 Å². The largest absolute Gasteiger partial charge is 0.397 e. The van der Waals surface area contributed by atoms with Crippen molar-refractivity contribution < 1.29 is 0 Å². The van der Waals surface area contributed by atoms with Gasteiger partial charge in [-0.2, -0.15) is 0 Å². The fourth-order valence-corrected chi connectivity index (χ4v) is 2.71. The monoisotopic (exact) mass is 232 g/mol. The van der Waals surface area contributed by atoms with Crippen LogP contribution in [0, 0.1) is 12.3 Å². The van der Waals surface area contributed by atoms with Crippen molar-refractivity contribution in [1.82, 2.24) is 0 Å². The van der Waals surface area contributed by atoms with Gasteiger partial charge < -0.3 is 11.1 Å². The van der Waals surface area contributed by atoms with Gasteiger partial charge in [0.25, 0.3) is 0 Å². The number of hydrogen-bond acceptors (Lipinski definition) is 2.